The highest BCUT2D eigenvalue weighted by molar-refractivity contribution is 5.49. The second kappa shape index (κ2) is 7.71. The summed E-state index contributed by atoms with van der Waals surface area (Å²) in [4.78, 5) is 21.8. The van der Waals surface area contributed by atoms with E-state index in [-0.39, 0.29) is 0 Å². The molecule has 122 valence electrons. The van der Waals surface area contributed by atoms with E-state index in [0.29, 0.717) is 0 Å². The molecule has 0 spiro atoms. The van der Waals surface area contributed by atoms with Crippen LogP contribution in [0.15, 0.2) is 30.9 Å². The van der Waals surface area contributed by atoms with Crippen molar-refractivity contribution < 1.29 is 0 Å². The molecule has 3 heterocycles. The minimum Gasteiger partial charge on any atom is -0.370 e. The number of hydrogen-bond acceptors (Lipinski definition) is 7. The highest BCUT2D eigenvalue weighted by Crippen LogP contribution is 2.17. The van der Waals surface area contributed by atoms with Gasteiger partial charge in [0.1, 0.15) is 18.0 Å². The van der Waals surface area contributed by atoms with Crippen LogP contribution in [0.3, 0.4) is 0 Å². The quantitative estimate of drug-likeness (QED) is 0.815. The smallest absolute Gasteiger partial charge is 0.225 e. The molecule has 23 heavy (non-hydrogen) atoms. The summed E-state index contributed by atoms with van der Waals surface area (Å²) >= 11 is 0. The van der Waals surface area contributed by atoms with Crippen LogP contribution < -0.4 is 15.1 Å². The molecule has 0 aliphatic carbocycles. The number of piperazine rings is 1. The van der Waals surface area contributed by atoms with Gasteiger partial charge in [0.05, 0.1) is 0 Å². The number of hydrogen-bond donors (Lipinski definition) is 1. The lowest BCUT2D eigenvalue weighted by Gasteiger charge is -2.35. The largest absolute Gasteiger partial charge is 0.370 e. The Morgan fingerprint density at radius 2 is 1.74 bits per heavy atom. The number of unbranched alkanes of at least 4 members (excludes halogenated alkanes) is 1. The van der Waals surface area contributed by atoms with E-state index in [4.69, 9.17) is 0 Å². The predicted octanol–water partition coefficient (Wildman–Crippen LogP) is 1.81. The summed E-state index contributed by atoms with van der Waals surface area (Å²) in [5.74, 6) is 2.68. The van der Waals surface area contributed by atoms with Gasteiger partial charge in [-0.15, -0.1) is 0 Å². The van der Waals surface area contributed by atoms with Gasteiger partial charge in [0, 0.05) is 51.2 Å². The first-order valence-electron chi connectivity index (χ1n) is 8.19. The molecule has 0 aromatic carbocycles. The fourth-order valence-electron chi connectivity index (χ4n) is 2.60. The third-order valence-electron chi connectivity index (χ3n) is 3.93. The Bertz CT molecular complexity index is 596. The zero-order valence-corrected chi connectivity index (χ0v) is 13.5. The van der Waals surface area contributed by atoms with Crippen LogP contribution in [-0.2, 0) is 0 Å². The van der Waals surface area contributed by atoms with E-state index >= 15 is 0 Å². The van der Waals surface area contributed by atoms with E-state index in [9.17, 15) is 0 Å². The van der Waals surface area contributed by atoms with Gasteiger partial charge in [-0.05, 0) is 12.5 Å². The molecule has 1 N–H and O–H groups in total. The second-order valence-corrected chi connectivity index (χ2v) is 5.56. The van der Waals surface area contributed by atoms with Gasteiger partial charge >= 0.3 is 0 Å². The lowest BCUT2D eigenvalue weighted by Crippen LogP contribution is -2.47. The molecule has 7 heteroatoms. The van der Waals surface area contributed by atoms with Gasteiger partial charge in [-0.25, -0.2) is 19.9 Å². The molecule has 0 amide bonds. The molecule has 1 aliphatic rings. The Hall–Kier alpha value is -2.44. The third kappa shape index (κ3) is 4.06. The van der Waals surface area contributed by atoms with Crippen molar-refractivity contribution >= 4 is 17.6 Å². The zero-order chi connectivity index (χ0) is 15.9. The number of rotatable bonds is 6. The minimum atomic E-state index is 0.803. The van der Waals surface area contributed by atoms with Gasteiger partial charge in [0.15, 0.2) is 0 Å². The van der Waals surface area contributed by atoms with Crippen LogP contribution in [0.1, 0.15) is 19.8 Å². The maximum Gasteiger partial charge on any atom is 0.225 e. The molecule has 0 radical (unpaired) electrons. The van der Waals surface area contributed by atoms with Crippen LogP contribution in [0.4, 0.5) is 17.6 Å². The predicted molar refractivity (Wildman–Crippen MR) is 91.9 cm³/mol. The molecule has 1 aliphatic heterocycles. The Kier molecular flexibility index (Phi) is 5.18. The third-order valence-corrected chi connectivity index (χ3v) is 3.93. The monoisotopic (exact) mass is 313 g/mol. The fraction of sp³-hybridized carbons (Fsp3) is 0.500. The molecule has 0 unspecified atom stereocenters. The summed E-state index contributed by atoms with van der Waals surface area (Å²) in [7, 11) is 0. The fourth-order valence-corrected chi connectivity index (χ4v) is 2.60. The maximum absolute atomic E-state index is 4.41. The van der Waals surface area contributed by atoms with Crippen LogP contribution in [0.2, 0.25) is 0 Å². The lowest BCUT2D eigenvalue weighted by atomic mass is 10.3. The Morgan fingerprint density at radius 1 is 1.00 bits per heavy atom. The Labute approximate surface area is 136 Å². The number of nitrogens with zero attached hydrogens (tertiary/aromatic N) is 6. The van der Waals surface area contributed by atoms with Crippen molar-refractivity contribution in [3.05, 3.63) is 30.9 Å². The number of nitrogens with one attached hydrogen (secondary N) is 1. The van der Waals surface area contributed by atoms with Gasteiger partial charge in [-0.3, -0.25) is 0 Å². The molecule has 1 fully saturated rings. The molecular formula is C16H23N7. The second-order valence-electron chi connectivity index (χ2n) is 5.56. The summed E-state index contributed by atoms with van der Waals surface area (Å²) < 4.78 is 0. The number of anilines is 3. The van der Waals surface area contributed by atoms with Gasteiger partial charge < -0.3 is 15.1 Å². The van der Waals surface area contributed by atoms with Crippen molar-refractivity contribution in [3.63, 3.8) is 0 Å². The molecule has 0 atom stereocenters. The Balaban J connectivity index is 1.58. The molecule has 0 saturated carbocycles. The van der Waals surface area contributed by atoms with Crippen molar-refractivity contribution in [2.75, 3.05) is 47.8 Å². The van der Waals surface area contributed by atoms with Gasteiger partial charge in [-0.2, -0.15) is 0 Å². The van der Waals surface area contributed by atoms with Crippen LogP contribution in [0.25, 0.3) is 0 Å². The van der Waals surface area contributed by atoms with Crippen LogP contribution in [0.5, 0.6) is 0 Å². The molecule has 7 nitrogen and oxygen atoms in total. The van der Waals surface area contributed by atoms with Crippen molar-refractivity contribution in [2.45, 2.75) is 19.8 Å². The molecule has 0 bridgehead atoms. The van der Waals surface area contributed by atoms with Gasteiger partial charge in [0.2, 0.25) is 5.95 Å². The van der Waals surface area contributed by atoms with E-state index in [1.807, 2.05) is 12.1 Å². The van der Waals surface area contributed by atoms with Crippen LogP contribution >= 0.6 is 0 Å². The average Bonchev–Trinajstić information content (AvgIpc) is 2.63. The summed E-state index contributed by atoms with van der Waals surface area (Å²) in [5, 5.41) is 3.35. The van der Waals surface area contributed by atoms with E-state index < -0.39 is 0 Å². The highest BCUT2D eigenvalue weighted by atomic mass is 15.3. The Morgan fingerprint density at radius 3 is 2.48 bits per heavy atom. The van der Waals surface area contributed by atoms with E-state index in [1.165, 1.54) is 6.42 Å². The van der Waals surface area contributed by atoms with E-state index in [2.05, 4.69) is 42.0 Å². The molecule has 1 saturated heterocycles. The molecule has 2 aromatic rings. The van der Waals surface area contributed by atoms with Gasteiger partial charge in [-0.1, -0.05) is 13.3 Å². The van der Waals surface area contributed by atoms with E-state index in [0.717, 1.165) is 56.7 Å². The molecular weight excluding hydrogens is 290 g/mol. The van der Waals surface area contributed by atoms with Crippen LogP contribution in [0, 0.1) is 0 Å². The standard InChI is InChI=1S/C16H23N7/c1-2-3-5-17-14-12-15(21-13-20-14)22-8-10-23(11-9-22)16-18-6-4-7-19-16/h4,6-7,12-13H,2-3,5,8-11H2,1H3,(H,17,20,21). The van der Waals surface area contributed by atoms with Crippen molar-refractivity contribution in [3.8, 4) is 0 Å². The van der Waals surface area contributed by atoms with Crippen LogP contribution in [-0.4, -0.2) is 52.7 Å². The topological polar surface area (TPSA) is 70.1 Å². The summed E-state index contributed by atoms with van der Waals surface area (Å²) in [6, 6.07) is 3.87. The van der Waals surface area contributed by atoms with Crippen molar-refractivity contribution in [2.24, 2.45) is 0 Å². The number of aromatic nitrogens is 4. The SMILES string of the molecule is CCCCNc1cc(N2CCN(c3ncccn3)CC2)ncn1. The lowest BCUT2D eigenvalue weighted by molar-refractivity contribution is 0.634. The minimum absolute atomic E-state index is 0.803. The molecule has 3 rings (SSSR count). The normalized spacial score (nSPS) is 14.8. The first kappa shape index (κ1) is 15.5. The molecule has 2 aromatic heterocycles. The van der Waals surface area contributed by atoms with Crippen molar-refractivity contribution in [1.82, 2.24) is 19.9 Å². The average molecular weight is 313 g/mol. The summed E-state index contributed by atoms with van der Waals surface area (Å²) in [5.41, 5.74) is 0. The van der Waals surface area contributed by atoms with E-state index in [1.54, 1.807) is 18.7 Å². The van der Waals surface area contributed by atoms with Gasteiger partial charge in [0.25, 0.3) is 0 Å². The first-order valence-corrected chi connectivity index (χ1v) is 8.19. The highest BCUT2D eigenvalue weighted by Gasteiger charge is 2.19. The van der Waals surface area contributed by atoms with Crippen molar-refractivity contribution in [1.29, 1.82) is 0 Å². The first-order chi connectivity index (χ1) is 11.4. The summed E-state index contributed by atoms with van der Waals surface area (Å²) in [6.07, 6.45) is 7.53. The maximum atomic E-state index is 4.41. The summed E-state index contributed by atoms with van der Waals surface area (Å²) in [6.45, 7) is 6.74. The zero-order valence-electron chi connectivity index (χ0n) is 13.5.